The lowest BCUT2D eigenvalue weighted by molar-refractivity contribution is -0.120. The first-order valence-corrected chi connectivity index (χ1v) is 11.8. The van der Waals surface area contributed by atoms with Gasteiger partial charge in [-0.05, 0) is 73.5 Å². The Morgan fingerprint density at radius 3 is 2.48 bits per heavy atom. The van der Waals surface area contributed by atoms with Crippen LogP contribution in [0.1, 0.15) is 30.4 Å². The number of thioether (sulfide) groups is 1. The predicted molar refractivity (Wildman–Crippen MR) is 120 cm³/mol. The third kappa shape index (κ3) is 4.55. The van der Waals surface area contributed by atoms with Gasteiger partial charge in [0.05, 0.1) is 12.0 Å². The molecule has 0 saturated carbocycles. The molecule has 1 fully saturated rings. The lowest BCUT2D eigenvalue weighted by Crippen LogP contribution is -2.43. The number of ether oxygens (including phenoxy) is 1. The molecule has 3 rings (SSSR count). The van der Waals surface area contributed by atoms with Gasteiger partial charge in [0.15, 0.2) is 0 Å². The van der Waals surface area contributed by atoms with Crippen molar-refractivity contribution >= 4 is 38.4 Å². The number of rotatable bonds is 6. The molecule has 31 heavy (non-hydrogen) atoms. The molecule has 1 unspecified atom stereocenters. The number of carbonyl (C=O) groups excluding carboxylic acids is 2. The van der Waals surface area contributed by atoms with E-state index >= 15 is 0 Å². The summed E-state index contributed by atoms with van der Waals surface area (Å²) in [5, 5.41) is 1.44. The SMILES string of the molecule is COc1ccc(S(=O)(=O)C2(CCCC#Cc3cc(N)ccc3C)SC(=O)NC2=O)cc1. The average molecular weight is 459 g/mol. The number of carbonyl (C=O) groups is 2. The lowest BCUT2D eigenvalue weighted by Gasteiger charge is -2.24. The van der Waals surface area contributed by atoms with Gasteiger partial charge in [-0.25, -0.2) is 8.42 Å². The monoisotopic (exact) mass is 458 g/mol. The first kappa shape index (κ1) is 22.7. The average Bonchev–Trinajstić information content (AvgIpc) is 3.04. The van der Waals surface area contributed by atoms with Crippen LogP contribution in [0.2, 0.25) is 0 Å². The number of nitrogen functional groups attached to an aromatic ring is 1. The Morgan fingerprint density at radius 2 is 1.87 bits per heavy atom. The molecular weight excluding hydrogens is 436 g/mol. The number of unbranched alkanes of at least 4 members (excludes halogenated alkanes) is 1. The molecule has 1 atom stereocenters. The van der Waals surface area contributed by atoms with E-state index in [2.05, 4.69) is 17.2 Å². The Hall–Kier alpha value is -2.96. The number of aryl methyl sites for hydroxylation is 1. The van der Waals surface area contributed by atoms with Crippen molar-refractivity contribution in [2.45, 2.75) is 35.2 Å². The van der Waals surface area contributed by atoms with E-state index in [1.54, 1.807) is 12.1 Å². The maximum atomic E-state index is 13.4. The number of benzene rings is 2. The Morgan fingerprint density at radius 1 is 1.16 bits per heavy atom. The smallest absolute Gasteiger partial charge is 0.287 e. The number of imide groups is 1. The minimum Gasteiger partial charge on any atom is -0.497 e. The maximum absolute atomic E-state index is 13.4. The summed E-state index contributed by atoms with van der Waals surface area (Å²) in [7, 11) is -2.68. The number of anilines is 1. The molecule has 9 heteroatoms. The van der Waals surface area contributed by atoms with Crippen LogP contribution in [0.15, 0.2) is 47.4 Å². The van der Waals surface area contributed by atoms with Crippen LogP contribution in [0.4, 0.5) is 10.5 Å². The van der Waals surface area contributed by atoms with Crippen LogP contribution in [0.3, 0.4) is 0 Å². The van der Waals surface area contributed by atoms with Crippen LogP contribution in [0.5, 0.6) is 5.75 Å². The number of nitrogens with one attached hydrogen (secondary N) is 1. The minimum atomic E-state index is -4.15. The molecule has 0 aromatic heterocycles. The van der Waals surface area contributed by atoms with Crippen molar-refractivity contribution < 1.29 is 22.7 Å². The third-order valence-electron chi connectivity index (χ3n) is 4.92. The second-order valence-corrected chi connectivity index (χ2v) is 10.7. The normalized spacial score (nSPS) is 18.3. The van der Waals surface area contributed by atoms with E-state index in [-0.39, 0.29) is 11.3 Å². The molecule has 2 amide bonds. The van der Waals surface area contributed by atoms with Crippen molar-refractivity contribution in [1.29, 1.82) is 0 Å². The number of methoxy groups -OCH3 is 1. The summed E-state index contributed by atoms with van der Waals surface area (Å²) in [4.78, 5) is 24.5. The second-order valence-electron chi connectivity index (χ2n) is 7.01. The number of amides is 2. The highest BCUT2D eigenvalue weighted by atomic mass is 32.3. The Labute approximate surface area is 185 Å². The fraction of sp³-hybridized carbons (Fsp3) is 0.273. The number of hydrogen-bond donors (Lipinski definition) is 2. The zero-order valence-corrected chi connectivity index (χ0v) is 18.7. The molecule has 1 aliphatic heterocycles. The van der Waals surface area contributed by atoms with Crippen molar-refractivity contribution in [2.24, 2.45) is 0 Å². The molecule has 0 radical (unpaired) electrons. The zero-order chi connectivity index (χ0) is 22.6. The van der Waals surface area contributed by atoms with E-state index in [0.717, 1.165) is 11.1 Å². The van der Waals surface area contributed by atoms with Crippen molar-refractivity contribution in [3.8, 4) is 17.6 Å². The van der Waals surface area contributed by atoms with Gasteiger partial charge in [-0.2, -0.15) is 0 Å². The van der Waals surface area contributed by atoms with Crippen LogP contribution in [0.25, 0.3) is 0 Å². The highest BCUT2D eigenvalue weighted by Crippen LogP contribution is 2.44. The topological polar surface area (TPSA) is 116 Å². The zero-order valence-electron chi connectivity index (χ0n) is 17.1. The molecule has 162 valence electrons. The van der Waals surface area contributed by atoms with E-state index in [4.69, 9.17) is 10.5 Å². The van der Waals surface area contributed by atoms with Gasteiger partial charge in [-0.3, -0.25) is 14.9 Å². The summed E-state index contributed by atoms with van der Waals surface area (Å²) in [6.07, 6.45) is 0.627. The Balaban J connectivity index is 1.82. The summed E-state index contributed by atoms with van der Waals surface area (Å²) in [6, 6.07) is 11.2. The number of nitrogens with two attached hydrogens (primary N) is 1. The number of hydrogen-bond acceptors (Lipinski definition) is 7. The largest absolute Gasteiger partial charge is 0.497 e. The molecule has 2 aromatic rings. The van der Waals surface area contributed by atoms with E-state index < -0.39 is 25.1 Å². The van der Waals surface area contributed by atoms with Gasteiger partial charge < -0.3 is 10.5 Å². The second kappa shape index (κ2) is 9.04. The van der Waals surface area contributed by atoms with Gasteiger partial charge >= 0.3 is 0 Å². The first-order valence-electron chi connectivity index (χ1n) is 9.48. The molecule has 2 aromatic carbocycles. The molecule has 1 aliphatic rings. The van der Waals surface area contributed by atoms with E-state index in [0.29, 0.717) is 36.0 Å². The molecule has 1 saturated heterocycles. The fourth-order valence-corrected chi connectivity index (χ4v) is 6.54. The highest BCUT2D eigenvalue weighted by molar-refractivity contribution is 8.25. The minimum absolute atomic E-state index is 0.0474. The quantitative estimate of drug-likeness (QED) is 0.388. The van der Waals surface area contributed by atoms with E-state index in [1.807, 2.05) is 13.0 Å². The van der Waals surface area contributed by atoms with Gasteiger partial charge in [-0.1, -0.05) is 17.9 Å². The molecule has 0 spiro atoms. The van der Waals surface area contributed by atoms with Gasteiger partial charge in [0.2, 0.25) is 13.9 Å². The van der Waals surface area contributed by atoms with Gasteiger partial charge in [0, 0.05) is 17.7 Å². The summed E-state index contributed by atoms with van der Waals surface area (Å²) in [6.45, 7) is 1.92. The van der Waals surface area contributed by atoms with E-state index in [9.17, 15) is 18.0 Å². The van der Waals surface area contributed by atoms with Gasteiger partial charge in [0.25, 0.3) is 11.1 Å². The molecule has 3 N–H and O–H groups in total. The van der Waals surface area contributed by atoms with E-state index in [1.165, 1.54) is 31.4 Å². The van der Waals surface area contributed by atoms with Crippen LogP contribution in [0, 0.1) is 18.8 Å². The predicted octanol–water partition coefficient (Wildman–Crippen LogP) is 3.26. The third-order valence-corrected chi connectivity index (χ3v) is 8.98. The highest BCUT2D eigenvalue weighted by Gasteiger charge is 2.57. The lowest BCUT2D eigenvalue weighted by atomic mass is 10.1. The van der Waals surface area contributed by atoms with Crippen LogP contribution in [-0.4, -0.2) is 30.8 Å². The summed E-state index contributed by atoms with van der Waals surface area (Å²) >= 11 is 0.508. The van der Waals surface area contributed by atoms with Crippen molar-refractivity contribution in [3.05, 3.63) is 53.6 Å². The molecular formula is C22H22N2O5S2. The Kier molecular flexibility index (Phi) is 6.62. The molecule has 0 bridgehead atoms. The number of sulfone groups is 1. The van der Waals surface area contributed by atoms with Crippen molar-refractivity contribution in [1.82, 2.24) is 5.32 Å². The summed E-state index contributed by atoms with van der Waals surface area (Å²) in [5.41, 5.74) is 8.17. The van der Waals surface area contributed by atoms with Crippen molar-refractivity contribution in [2.75, 3.05) is 12.8 Å². The van der Waals surface area contributed by atoms with Crippen LogP contribution >= 0.6 is 11.8 Å². The maximum Gasteiger partial charge on any atom is 0.287 e. The van der Waals surface area contributed by atoms with Gasteiger partial charge in [-0.15, -0.1) is 0 Å². The fourth-order valence-electron chi connectivity index (χ4n) is 3.17. The molecule has 0 aliphatic carbocycles. The van der Waals surface area contributed by atoms with Crippen LogP contribution in [-0.2, 0) is 14.6 Å². The van der Waals surface area contributed by atoms with Crippen molar-refractivity contribution in [3.63, 3.8) is 0 Å². The standard InChI is InChI=1S/C22H22N2O5S2/c1-15-7-8-17(23)14-16(15)6-4-3-5-13-22(20(25)24-21(26)30-22)31(27,28)19-11-9-18(29-2)10-12-19/h7-12,14H,3,5,13,23H2,1-2H3,(H,24,25,26). The summed E-state index contributed by atoms with van der Waals surface area (Å²) in [5.74, 6) is 5.69. The molecule has 1 heterocycles. The van der Waals surface area contributed by atoms with Gasteiger partial charge in [0.1, 0.15) is 5.75 Å². The summed E-state index contributed by atoms with van der Waals surface area (Å²) < 4.78 is 29.8. The van der Waals surface area contributed by atoms with Crippen LogP contribution < -0.4 is 15.8 Å². The molecule has 7 nitrogen and oxygen atoms in total. The Bertz CT molecular complexity index is 1180. The first-order chi connectivity index (χ1) is 14.7.